The molecule has 0 spiro atoms. The maximum absolute atomic E-state index is 13.2. The van der Waals surface area contributed by atoms with E-state index in [0.29, 0.717) is 18.2 Å². The summed E-state index contributed by atoms with van der Waals surface area (Å²) in [6.07, 6.45) is 7.43. The fourth-order valence-electron chi connectivity index (χ4n) is 4.77. The van der Waals surface area contributed by atoms with Gasteiger partial charge in [-0.05, 0) is 49.7 Å². The van der Waals surface area contributed by atoms with Crippen molar-refractivity contribution in [3.8, 4) is 17.0 Å². The van der Waals surface area contributed by atoms with Gasteiger partial charge in [0.1, 0.15) is 35.9 Å². The van der Waals surface area contributed by atoms with Gasteiger partial charge in [0.05, 0.1) is 0 Å². The van der Waals surface area contributed by atoms with Crippen molar-refractivity contribution in [2.45, 2.75) is 45.3 Å². The van der Waals surface area contributed by atoms with E-state index in [1.807, 2.05) is 35.5 Å². The number of benzene rings is 1. The van der Waals surface area contributed by atoms with Crippen LogP contribution >= 0.6 is 0 Å². The summed E-state index contributed by atoms with van der Waals surface area (Å²) in [5.41, 5.74) is 3.19. The van der Waals surface area contributed by atoms with Crippen molar-refractivity contribution in [2.24, 2.45) is 11.8 Å². The molecule has 1 aromatic carbocycles. The number of nitrogens with zero attached hydrogens (tertiary/aromatic N) is 5. The van der Waals surface area contributed by atoms with Crippen LogP contribution in [0.1, 0.15) is 47.6 Å². The molecule has 3 aromatic rings. The Hall–Kier alpha value is -3.16. The van der Waals surface area contributed by atoms with Gasteiger partial charge in [0.2, 0.25) is 0 Å². The molecule has 31 heavy (non-hydrogen) atoms. The van der Waals surface area contributed by atoms with Gasteiger partial charge >= 0.3 is 0 Å². The van der Waals surface area contributed by atoms with Gasteiger partial charge in [-0.15, -0.1) is 10.2 Å². The second kappa shape index (κ2) is 7.51. The summed E-state index contributed by atoms with van der Waals surface area (Å²) in [7, 11) is 0. The molecule has 0 atom stereocenters. The molecule has 1 saturated carbocycles. The van der Waals surface area contributed by atoms with Crippen LogP contribution in [0.2, 0.25) is 0 Å². The Morgan fingerprint density at radius 2 is 1.97 bits per heavy atom. The normalized spacial score (nSPS) is 18.4. The van der Waals surface area contributed by atoms with E-state index in [-0.39, 0.29) is 5.91 Å². The summed E-state index contributed by atoms with van der Waals surface area (Å²) in [6.45, 7) is 2.93. The lowest BCUT2D eigenvalue weighted by Crippen LogP contribution is -2.39. The number of hydrogen-bond acceptors (Lipinski definition) is 5. The molecule has 0 unspecified atom stereocenters. The molecule has 8 heteroatoms. The van der Waals surface area contributed by atoms with Gasteiger partial charge in [0.15, 0.2) is 0 Å². The van der Waals surface area contributed by atoms with E-state index in [4.69, 9.17) is 4.74 Å². The van der Waals surface area contributed by atoms with E-state index in [2.05, 4.69) is 25.0 Å². The predicted molar refractivity (Wildman–Crippen MR) is 113 cm³/mol. The van der Waals surface area contributed by atoms with E-state index < -0.39 is 0 Å². The average Bonchev–Trinajstić information content (AvgIpc) is 3.35. The Morgan fingerprint density at radius 3 is 2.81 bits per heavy atom. The zero-order chi connectivity index (χ0) is 20.8. The van der Waals surface area contributed by atoms with Crippen LogP contribution in [0.3, 0.4) is 0 Å². The number of hydrogen-bond donors (Lipinski definition) is 1. The zero-order valence-electron chi connectivity index (χ0n) is 17.5. The molecule has 1 aliphatic carbocycles. The Balaban J connectivity index is 1.11. The summed E-state index contributed by atoms with van der Waals surface area (Å²) in [5, 5.41) is 15.9. The molecule has 0 radical (unpaired) electrons. The first-order valence-electron chi connectivity index (χ1n) is 11.2. The quantitative estimate of drug-likeness (QED) is 0.688. The SMILES string of the molecule is O=C(c1[nH]nc2c1COc1ccccc1-2)N1CCC(Cc2nncn2CC2CC2)CC1. The van der Waals surface area contributed by atoms with Crippen LogP contribution in [0.15, 0.2) is 30.6 Å². The first kappa shape index (κ1) is 18.6. The topological polar surface area (TPSA) is 88.9 Å². The van der Waals surface area contributed by atoms with E-state index in [1.165, 1.54) is 12.8 Å². The first-order chi connectivity index (χ1) is 15.3. The molecule has 6 rings (SSSR count). The average molecular weight is 419 g/mol. The molecular weight excluding hydrogens is 392 g/mol. The van der Waals surface area contributed by atoms with Crippen LogP contribution in [0.4, 0.5) is 0 Å². The maximum Gasteiger partial charge on any atom is 0.272 e. The van der Waals surface area contributed by atoms with Gasteiger partial charge in [-0.25, -0.2) is 0 Å². The molecule has 2 aliphatic heterocycles. The number of aromatic amines is 1. The molecule has 1 N–H and O–H groups in total. The van der Waals surface area contributed by atoms with Gasteiger partial charge in [-0.2, -0.15) is 5.10 Å². The largest absolute Gasteiger partial charge is 0.488 e. The number of likely N-dealkylation sites (tertiary alicyclic amines) is 1. The number of aromatic nitrogens is 5. The molecule has 1 amide bonds. The third-order valence-electron chi connectivity index (χ3n) is 6.82. The Bertz CT molecular complexity index is 1110. The van der Waals surface area contributed by atoms with E-state index in [9.17, 15) is 4.79 Å². The van der Waals surface area contributed by atoms with Gasteiger partial charge in [-0.1, -0.05) is 12.1 Å². The summed E-state index contributed by atoms with van der Waals surface area (Å²) in [5.74, 6) is 3.28. The molecule has 4 heterocycles. The van der Waals surface area contributed by atoms with Crippen molar-refractivity contribution < 1.29 is 9.53 Å². The van der Waals surface area contributed by atoms with Gasteiger partial charge in [0, 0.05) is 37.2 Å². The summed E-state index contributed by atoms with van der Waals surface area (Å²) < 4.78 is 8.09. The fourth-order valence-corrected chi connectivity index (χ4v) is 4.77. The van der Waals surface area contributed by atoms with Crippen molar-refractivity contribution >= 4 is 5.91 Å². The molecule has 1 saturated heterocycles. The van der Waals surface area contributed by atoms with Crippen LogP contribution in [0.25, 0.3) is 11.3 Å². The van der Waals surface area contributed by atoms with Crippen molar-refractivity contribution in [3.05, 3.63) is 47.7 Å². The maximum atomic E-state index is 13.2. The number of piperidine rings is 1. The van der Waals surface area contributed by atoms with E-state index in [0.717, 1.165) is 73.2 Å². The lowest BCUT2D eigenvalue weighted by Gasteiger charge is -2.32. The van der Waals surface area contributed by atoms with Crippen LogP contribution in [0.5, 0.6) is 5.75 Å². The van der Waals surface area contributed by atoms with Gasteiger partial charge < -0.3 is 14.2 Å². The van der Waals surface area contributed by atoms with E-state index >= 15 is 0 Å². The number of nitrogens with one attached hydrogen (secondary N) is 1. The number of H-pyrrole nitrogens is 1. The Kier molecular flexibility index (Phi) is 4.51. The monoisotopic (exact) mass is 418 g/mol. The number of carbonyl (C=O) groups excluding carboxylic acids is 1. The number of fused-ring (bicyclic) bond motifs is 3. The van der Waals surface area contributed by atoms with Crippen LogP contribution in [-0.4, -0.2) is 48.9 Å². The molecular formula is C23H26N6O2. The van der Waals surface area contributed by atoms with Crippen LogP contribution in [-0.2, 0) is 19.6 Å². The third kappa shape index (κ3) is 3.49. The van der Waals surface area contributed by atoms with Crippen LogP contribution < -0.4 is 4.74 Å². The zero-order valence-corrected chi connectivity index (χ0v) is 17.5. The summed E-state index contributed by atoms with van der Waals surface area (Å²) in [4.78, 5) is 15.2. The molecule has 2 fully saturated rings. The van der Waals surface area contributed by atoms with Crippen molar-refractivity contribution in [1.82, 2.24) is 29.9 Å². The standard InChI is InChI=1S/C23H26N6O2/c30-23(22-18-13-31-19-4-2-1-3-17(19)21(18)26-27-22)28-9-7-15(8-10-28)11-20-25-24-14-29(20)12-16-5-6-16/h1-4,14-16H,5-13H2,(H,26,27). The van der Waals surface area contributed by atoms with Gasteiger partial charge in [-0.3, -0.25) is 9.89 Å². The number of rotatable bonds is 5. The smallest absolute Gasteiger partial charge is 0.272 e. The minimum absolute atomic E-state index is 0.0204. The predicted octanol–water partition coefficient (Wildman–Crippen LogP) is 3.07. The number of carbonyl (C=O) groups is 1. The molecule has 2 aromatic heterocycles. The lowest BCUT2D eigenvalue weighted by atomic mass is 9.92. The second-order valence-electron chi connectivity index (χ2n) is 8.99. The Labute approximate surface area is 180 Å². The summed E-state index contributed by atoms with van der Waals surface area (Å²) >= 11 is 0. The minimum Gasteiger partial charge on any atom is -0.488 e. The lowest BCUT2D eigenvalue weighted by molar-refractivity contribution is 0.0680. The van der Waals surface area contributed by atoms with Gasteiger partial charge in [0.25, 0.3) is 5.91 Å². The van der Waals surface area contributed by atoms with Crippen molar-refractivity contribution in [1.29, 1.82) is 0 Å². The highest BCUT2D eigenvalue weighted by Gasteiger charge is 2.31. The number of ether oxygens (including phenoxy) is 1. The highest BCUT2D eigenvalue weighted by Crippen LogP contribution is 2.37. The number of para-hydroxylation sites is 1. The molecule has 160 valence electrons. The van der Waals surface area contributed by atoms with Crippen molar-refractivity contribution in [2.75, 3.05) is 13.1 Å². The van der Waals surface area contributed by atoms with E-state index in [1.54, 1.807) is 0 Å². The molecule has 3 aliphatic rings. The molecule has 8 nitrogen and oxygen atoms in total. The number of amides is 1. The second-order valence-corrected chi connectivity index (χ2v) is 8.99. The molecule has 0 bridgehead atoms. The summed E-state index contributed by atoms with van der Waals surface area (Å²) in [6, 6.07) is 7.82. The van der Waals surface area contributed by atoms with Crippen molar-refractivity contribution in [3.63, 3.8) is 0 Å². The van der Waals surface area contributed by atoms with Crippen LogP contribution in [0, 0.1) is 11.8 Å². The highest BCUT2D eigenvalue weighted by molar-refractivity contribution is 5.96. The highest BCUT2D eigenvalue weighted by atomic mass is 16.5. The minimum atomic E-state index is 0.0204. The Morgan fingerprint density at radius 1 is 1.13 bits per heavy atom. The fraction of sp³-hybridized carbons (Fsp3) is 0.478. The third-order valence-corrected chi connectivity index (χ3v) is 6.82. The first-order valence-corrected chi connectivity index (χ1v) is 11.2.